The van der Waals surface area contributed by atoms with Gasteiger partial charge in [0.25, 0.3) is 0 Å². The van der Waals surface area contributed by atoms with Crippen LogP contribution in [0.4, 0.5) is 5.13 Å². The van der Waals surface area contributed by atoms with Gasteiger partial charge in [-0.25, -0.2) is 14.6 Å². The predicted molar refractivity (Wildman–Crippen MR) is 116 cm³/mol. The van der Waals surface area contributed by atoms with E-state index in [1.165, 1.54) is 10.1 Å². The molecule has 0 bridgehead atoms. The smallest absolute Gasteiger partial charge is 0.362 e. The summed E-state index contributed by atoms with van der Waals surface area (Å²) >= 11 is 1.07. The van der Waals surface area contributed by atoms with Gasteiger partial charge in [0.2, 0.25) is 11.3 Å². The van der Waals surface area contributed by atoms with Crippen molar-refractivity contribution in [2.24, 2.45) is 5.16 Å². The molecule has 2 rings (SSSR count). The first-order valence-electron chi connectivity index (χ1n) is 9.64. The van der Waals surface area contributed by atoms with Crippen LogP contribution in [-0.4, -0.2) is 67.6 Å². The summed E-state index contributed by atoms with van der Waals surface area (Å²) in [6.45, 7) is 6.98. The van der Waals surface area contributed by atoms with E-state index in [1.54, 1.807) is 27.7 Å². The van der Waals surface area contributed by atoms with E-state index in [4.69, 9.17) is 14.3 Å². The van der Waals surface area contributed by atoms with Gasteiger partial charge < -0.3 is 28.6 Å². The zero-order valence-electron chi connectivity index (χ0n) is 17.8. The molecule has 1 saturated carbocycles. The van der Waals surface area contributed by atoms with Gasteiger partial charge in [0, 0.05) is 18.2 Å². The van der Waals surface area contributed by atoms with Gasteiger partial charge in [-0.05, 0) is 34.1 Å². The van der Waals surface area contributed by atoms with Gasteiger partial charge in [-0.15, -0.1) is 11.3 Å². The fourth-order valence-electron chi connectivity index (χ4n) is 2.52. The molecule has 0 aliphatic heterocycles. The van der Waals surface area contributed by atoms with Crippen LogP contribution in [0.5, 0.6) is 0 Å². The van der Waals surface area contributed by atoms with Gasteiger partial charge in [-0.2, -0.15) is 0 Å². The van der Waals surface area contributed by atoms with Gasteiger partial charge in [-0.3, -0.25) is 0 Å². The van der Waals surface area contributed by atoms with Crippen LogP contribution in [0.25, 0.3) is 0 Å². The zero-order chi connectivity index (χ0) is 23.1. The van der Waals surface area contributed by atoms with Crippen LogP contribution in [0.2, 0.25) is 0 Å². The summed E-state index contributed by atoms with van der Waals surface area (Å²) in [7, 11) is 2.20. The summed E-state index contributed by atoms with van der Waals surface area (Å²) in [5, 5.41) is 5.68. The Labute approximate surface area is 185 Å². The predicted octanol–water partition coefficient (Wildman–Crippen LogP) is 1.12. The molecule has 0 unspecified atom stereocenters. The van der Waals surface area contributed by atoms with Crippen molar-refractivity contribution in [3.63, 3.8) is 0 Å². The van der Waals surface area contributed by atoms with Gasteiger partial charge in [-0.1, -0.05) is 5.16 Å². The maximum atomic E-state index is 12.6. The van der Waals surface area contributed by atoms with Crippen molar-refractivity contribution < 1.29 is 33.5 Å². The van der Waals surface area contributed by atoms with Gasteiger partial charge in [0.05, 0.1) is 6.61 Å². The van der Waals surface area contributed by atoms with Crippen molar-refractivity contribution in [2.75, 3.05) is 11.3 Å². The summed E-state index contributed by atoms with van der Waals surface area (Å²) in [6.07, 6.45) is 2.54. The van der Waals surface area contributed by atoms with Crippen LogP contribution in [0.3, 0.4) is 0 Å². The lowest BCUT2D eigenvalue weighted by Crippen LogP contribution is -2.50. The number of hydrogen-bond acceptors (Lipinski definition) is 11. The number of thiazole rings is 1. The number of carbonyl (C=O) groups excluding carboxylic acids is 4. The number of nitrogens with zero attached hydrogens (tertiary/aromatic N) is 3. The van der Waals surface area contributed by atoms with Crippen LogP contribution >= 0.6 is 11.3 Å². The molecule has 1 fully saturated rings. The number of esters is 2. The van der Waals surface area contributed by atoms with E-state index in [1.807, 2.05) is 0 Å². The Balaban J connectivity index is 2.31. The normalized spacial score (nSPS) is 15.2. The van der Waals surface area contributed by atoms with Crippen molar-refractivity contribution in [2.45, 2.75) is 58.2 Å². The average Bonchev–Trinajstić information content (AvgIpc) is 3.12. The Kier molecular flexibility index (Phi) is 8.37. The monoisotopic (exact) mass is 447 g/mol. The van der Waals surface area contributed by atoms with Crippen molar-refractivity contribution >= 4 is 61.3 Å². The SMILES string of the molecule is CCOC(=O)C(=NOC1(C(=O)OC(C)(C)C)CCC1)c1csc(N([B]C=O)[B]C=O)n1. The third-order valence-electron chi connectivity index (χ3n) is 4.11. The number of aromatic nitrogens is 1. The number of carbonyl (C=O) groups is 4. The number of hydrogen-bond donors (Lipinski definition) is 0. The lowest BCUT2D eigenvalue weighted by atomic mass is 9.80. The van der Waals surface area contributed by atoms with Gasteiger partial charge in [0.15, 0.2) is 5.13 Å². The van der Waals surface area contributed by atoms with Gasteiger partial charge >= 0.3 is 26.8 Å². The molecule has 1 aliphatic rings. The van der Waals surface area contributed by atoms with Crippen LogP contribution in [-0.2, 0) is 33.5 Å². The second kappa shape index (κ2) is 10.6. The molecular weight excluding hydrogens is 424 g/mol. The standard InChI is InChI=1S/C18H23B2N3O7S/c1-5-28-14(26)13(12-9-31-16(21-12)23(19-10-24)20-11-25)22-30-18(7-6-8-18)15(27)29-17(2,3)4/h9-11H,5-8H2,1-4H3. The van der Waals surface area contributed by atoms with E-state index in [2.05, 4.69) is 10.1 Å². The molecule has 0 atom stereocenters. The number of anilines is 1. The number of oxime groups is 1. The highest BCUT2D eigenvalue weighted by Crippen LogP contribution is 2.38. The van der Waals surface area contributed by atoms with Crippen LogP contribution in [0.1, 0.15) is 52.7 Å². The molecule has 10 nitrogen and oxygen atoms in total. The molecular formula is C18H23B2N3O7S. The van der Waals surface area contributed by atoms with Gasteiger partial charge in [0.1, 0.15) is 23.7 Å². The first kappa shape index (κ1) is 24.6. The highest BCUT2D eigenvalue weighted by Gasteiger charge is 2.50. The Morgan fingerprint density at radius 3 is 2.42 bits per heavy atom. The van der Waals surface area contributed by atoms with Crippen LogP contribution in [0, 0.1) is 0 Å². The summed E-state index contributed by atoms with van der Waals surface area (Å²) < 4.78 is 11.7. The third-order valence-corrected chi connectivity index (χ3v) is 4.97. The first-order chi connectivity index (χ1) is 14.7. The Morgan fingerprint density at radius 2 is 1.94 bits per heavy atom. The minimum atomic E-state index is -1.27. The molecule has 1 aliphatic carbocycles. The molecule has 0 amide bonds. The molecule has 0 spiro atoms. The number of rotatable bonds is 11. The molecule has 0 aromatic carbocycles. The van der Waals surface area contributed by atoms with E-state index in [0.29, 0.717) is 25.2 Å². The summed E-state index contributed by atoms with van der Waals surface area (Å²) in [5.41, 5.74) is -2.10. The second-order valence-corrected chi connectivity index (χ2v) is 8.43. The van der Waals surface area contributed by atoms with Crippen molar-refractivity contribution in [3.8, 4) is 0 Å². The maximum absolute atomic E-state index is 12.6. The van der Waals surface area contributed by atoms with E-state index in [-0.39, 0.29) is 23.1 Å². The van der Waals surface area contributed by atoms with Crippen molar-refractivity contribution in [3.05, 3.63) is 11.1 Å². The van der Waals surface area contributed by atoms with Crippen LogP contribution in [0.15, 0.2) is 10.5 Å². The Bertz CT molecular complexity index is 839. The second-order valence-electron chi connectivity index (χ2n) is 7.59. The summed E-state index contributed by atoms with van der Waals surface area (Å²) in [5.74, 6) is -1.34. The van der Waals surface area contributed by atoms with Crippen LogP contribution < -0.4 is 4.72 Å². The fraction of sp³-hybridized carbons (Fsp3) is 0.556. The van der Waals surface area contributed by atoms with E-state index < -0.39 is 23.1 Å². The number of ether oxygens (including phenoxy) is 2. The summed E-state index contributed by atoms with van der Waals surface area (Å²) in [4.78, 5) is 56.5. The molecule has 31 heavy (non-hydrogen) atoms. The van der Waals surface area contributed by atoms with E-state index >= 15 is 0 Å². The molecule has 13 heteroatoms. The fourth-order valence-corrected chi connectivity index (χ4v) is 3.30. The zero-order valence-corrected chi connectivity index (χ0v) is 18.6. The quantitative estimate of drug-likeness (QED) is 0.161. The Hall–Kier alpha value is -2.69. The summed E-state index contributed by atoms with van der Waals surface area (Å²) in [6, 6.07) is 0. The molecule has 1 aromatic heterocycles. The lowest BCUT2D eigenvalue weighted by Gasteiger charge is -2.38. The highest BCUT2D eigenvalue weighted by molar-refractivity contribution is 7.16. The highest BCUT2D eigenvalue weighted by atomic mass is 32.1. The van der Waals surface area contributed by atoms with E-state index in [0.717, 1.165) is 32.6 Å². The Morgan fingerprint density at radius 1 is 1.29 bits per heavy atom. The minimum absolute atomic E-state index is 0.0933. The van der Waals surface area contributed by atoms with Crippen molar-refractivity contribution in [1.29, 1.82) is 0 Å². The molecule has 1 aromatic rings. The van der Waals surface area contributed by atoms with E-state index in [9.17, 15) is 19.2 Å². The average molecular weight is 447 g/mol. The maximum Gasteiger partial charge on any atom is 0.362 e. The lowest BCUT2D eigenvalue weighted by molar-refractivity contribution is -0.196. The molecule has 164 valence electrons. The molecule has 0 N–H and O–H groups in total. The van der Waals surface area contributed by atoms with Crippen molar-refractivity contribution in [1.82, 2.24) is 4.98 Å². The first-order valence-corrected chi connectivity index (χ1v) is 10.5. The molecule has 2 radical (unpaired) electrons. The third kappa shape index (κ3) is 6.39. The topological polar surface area (TPSA) is 124 Å². The largest absolute Gasteiger partial charge is 0.461 e. The minimum Gasteiger partial charge on any atom is -0.461 e. The molecule has 0 saturated heterocycles. The molecule has 1 heterocycles.